The van der Waals surface area contributed by atoms with E-state index in [0.29, 0.717) is 5.75 Å². The molecule has 2 rings (SSSR count). The van der Waals surface area contributed by atoms with Crippen molar-refractivity contribution in [3.8, 4) is 5.75 Å². The van der Waals surface area contributed by atoms with Crippen molar-refractivity contribution in [2.75, 3.05) is 11.9 Å². The van der Waals surface area contributed by atoms with Crippen LogP contribution in [-0.2, 0) is 6.42 Å². The Morgan fingerprint density at radius 3 is 3.15 bits per heavy atom. The molecule has 13 heavy (non-hydrogen) atoms. The molecule has 5 nitrogen and oxygen atoms in total. The topological polar surface area (TPSA) is 74.6 Å². The maximum atomic E-state index is 8.54. The second kappa shape index (κ2) is 3.23. The molecule has 1 aromatic heterocycles. The Morgan fingerprint density at radius 1 is 1.54 bits per heavy atom. The summed E-state index contributed by atoms with van der Waals surface area (Å²) in [7, 11) is -1.78. The van der Waals surface area contributed by atoms with Crippen LogP contribution in [0.4, 0.5) is 5.82 Å². The molecule has 0 aromatic carbocycles. The molecule has 0 bridgehead atoms. The van der Waals surface area contributed by atoms with E-state index in [9.17, 15) is 0 Å². The maximum Gasteiger partial charge on any atom is 0.707 e. The summed E-state index contributed by atoms with van der Waals surface area (Å²) in [5, 5.41) is 20.2. The minimum Gasteiger partial charge on any atom is -0.511 e. The summed E-state index contributed by atoms with van der Waals surface area (Å²) >= 11 is 0. The minimum atomic E-state index is -1.78. The second-order valence-electron chi connectivity index (χ2n) is 2.80. The zero-order valence-corrected chi connectivity index (χ0v) is 6.90. The van der Waals surface area contributed by atoms with E-state index in [1.807, 2.05) is 0 Å². The van der Waals surface area contributed by atoms with Crippen molar-refractivity contribution in [1.82, 2.24) is 4.98 Å². The van der Waals surface area contributed by atoms with E-state index >= 15 is 0 Å². The summed E-state index contributed by atoms with van der Waals surface area (Å²) in [4.78, 5) is 4.05. The van der Waals surface area contributed by atoms with Crippen molar-refractivity contribution < 1.29 is 14.7 Å². The van der Waals surface area contributed by atoms with Gasteiger partial charge in [-0.2, -0.15) is 0 Å². The van der Waals surface area contributed by atoms with Gasteiger partial charge in [-0.15, -0.1) is 0 Å². The molecule has 0 unspecified atom stereocenters. The minimum absolute atomic E-state index is 0.373. The van der Waals surface area contributed by atoms with Crippen LogP contribution in [0, 0.1) is 0 Å². The summed E-state index contributed by atoms with van der Waals surface area (Å²) in [6.45, 7) is 0.869. The van der Waals surface area contributed by atoms with Gasteiger partial charge in [0.15, 0.2) is 0 Å². The first-order valence-electron chi connectivity index (χ1n) is 4.01. The summed E-state index contributed by atoms with van der Waals surface area (Å²) in [5.74, 6) is 1.22. The van der Waals surface area contributed by atoms with Crippen LogP contribution < -0.4 is 9.97 Å². The quantitative estimate of drug-likeness (QED) is 0.529. The van der Waals surface area contributed by atoms with Crippen LogP contribution in [0.1, 0.15) is 5.56 Å². The molecule has 1 aromatic rings. The highest BCUT2D eigenvalue weighted by Crippen LogP contribution is 2.23. The predicted octanol–water partition coefficient (Wildman–Crippen LogP) is -0.602. The lowest BCUT2D eigenvalue weighted by molar-refractivity contribution is 0.287. The number of fused-ring (bicyclic) bond motifs is 1. The van der Waals surface area contributed by atoms with Crippen molar-refractivity contribution in [3.63, 3.8) is 0 Å². The average Bonchev–Trinajstić information content (AvgIpc) is 2.49. The molecule has 68 valence electrons. The number of anilines is 1. The largest absolute Gasteiger partial charge is 0.707 e. The molecule has 0 saturated heterocycles. The van der Waals surface area contributed by atoms with Gasteiger partial charge in [-0.1, -0.05) is 0 Å². The fourth-order valence-corrected chi connectivity index (χ4v) is 1.34. The van der Waals surface area contributed by atoms with E-state index in [4.69, 9.17) is 10.0 Å². The number of hydrogen-bond acceptors (Lipinski definition) is 5. The molecule has 0 saturated carbocycles. The fourth-order valence-electron chi connectivity index (χ4n) is 1.34. The first-order valence-corrected chi connectivity index (χ1v) is 4.01. The molecule has 1 aliphatic rings. The highest BCUT2D eigenvalue weighted by Gasteiger charge is 2.15. The first kappa shape index (κ1) is 8.34. The number of rotatable bonds is 2. The van der Waals surface area contributed by atoms with Crippen LogP contribution in [0.25, 0.3) is 0 Å². The zero-order valence-electron chi connectivity index (χ0n) is 6.90. The summed E-state index contributed by atoms with van der Waals surface area (Å²) in [6.07, 6.45) is 2.34. The molecule has 0 amide bonds. The summed E-state index contributed by atoms with van der Waals surface area (Å²) < 4.78 is 4.66. The van der Waals surface area contributed by atoms with Crippen molar-refractivity contribution in [2.24, 2.45) is 0 Å². The lowest BCUT2D eigenvalue weighted by Crippen LogP contribution is -2.20. The van der Waals surface area contributed by atoms with Crippen molar-refractivity contribution in [3.05, 3.63) is 17.8 Å². The van der Waals surface area contributed by atoms with Gasteiger partial charge in [0.05, 0.1) is 6.20 Å². The Morgan fingerprint density at radius 2 is 2.38 bits per heavy atom. The van der Waals surface area contributed by atoms with Gasteiger partial charge in [0.1, 0.15) is 11.6 Å². The number of pyridine rings is 1. The van der Waals surface area contributed by atoms with Crippen LogP contribution in [-0.4, -0.2) is 28.9 Å². The van der Waals surface area contributed by atoms with Gasteiger partial charge in [0.2, 0.25) is 0 Å². The molecule has 0 atom stereocenters. The van der Waals surface area contributed by atoms with E-state index in [1.54, 1.807) is 6.07 Å². The van der Waals surface area contributed by atoms with E-state index in [0.717, 1.165) is 24.3 Å². The highest BCUT2D eigenvalue weighted by molar-refractivity contribution is 6.33. The molecule has 0 radical (unpaired) electrons. The van der Waals surface area contributed by atoms with Gasteiger partial charge in [-0.05, 0) is 18.1 Å². The standard InChI is InChI=1S/C7H9BN2O3/c11-8(12)13-6-3-5-1-2-9-7(5)10-4-6/h3-4,11-12H,1-2H2,(H,9,10). The lowest BCUT2D eigenvalue weighted by Gasteiger charge is -2.05. The van der Waals surface area contributed by atoms with Crippen molar-refractivity contribution in [2.45, 2.75) is 6.42 Å². The normalized spacial score (nSPS) is 13.4. The predicted molar refractivity (Wildman–Crippen MR) is 47.3 cm³/mol. The first-order chi connectivity index (χ1) is 6.25. The smallest absolute Gasteiger partial charge is 0.511 e. The van der Waals surface area contributed by atoms with Crippen molar-refractivity contribution >= 4 is 13.1 Å². The zero-order chi connectivity index (χ0) is 9.26. The monoisotopic (exact) mass is 180 g/mol. The van der Waals surface area contributed by atoms with Gasteiger partial charge in [0, 0.05) is 6.54 Å². The summed E-state index contributed by atoms with van der Waals surface area (Å²) in [6, 6.07) is 1.75. The molecule has 6 heteroatoms. The van der Waals surface area contributed by atoms with Crippen LogP contribution >= 0.6 is 0 Å². The Labute approximate surface area is 75.6 Å². The Kier molecular flexibility index (Phi) is 2.07. The Balaban J connectivity index is 2.21. The average molecular weight is 180 g/mol. The number of aromatic nitrogens is 1. The lowest BCUT2D eigenvalue weighted by atomic mass is 10.2. The maximum absolute atomic E-state index is 8.54. The molecule has 0 fully saturated rings. The molecular weight excluding hydrogens is 171 g/mol. The van der Waals surface area contributed by atoms with Crippen LogP contribution in [0.3, 0.4) is 0 Å². The van der Waals surface area contributed by atoms with Gasteiger partial charge in [0.25, 0.3) is 0 Å². The second-order valence-corrected chi connectivity index (χ2v) is 2.80. The van der Waals surface area contributed by atoms with E-state index < -0.39 is 7.32 Å². The highest BCUT2D eigenvalue weighted by atomic mass is 16.6. The van der Waals surface area contributed by atoms with Gasteiger partial charge < -0.3 is 20.0 Å². The van der Waals surface area contributed by atoms with Gasteiger partial charge in [-0.25, -0.2) is 4.98 Å². The molecule has 0 spiro atoms. The number of hydrogen-bond donors (Lipinski definition) is 3. The third kappa shape index (κ3) is 1.73. The molecule has 2 heterocycles. The molecular formula is C7H9BN2O3. The Hall–Kier alpha value is -1.27. The SMILES string of the molecule is OB(O)Oc1cnc2c(c1)CCN2. The van der Waals surface area contributed by atoms with Crippen LogP contribution in [0.15, 0.2) is 12.3 Å². The fraction of sp³-hybridized carbons (Fsp3) is 0.286. The number of nitrogens with zero attached hydrogens (tertiary/aromatic N) is 1. The van der Waals surface area contributed by atoms with E-state index in [2.05, 4.69) is 15.0 Å². The number of nitrogens with one attached hydrogen (secondary N) is 1. The van der Waals surface area contributed by atoms with Gasteiger partial charge >= 0.3 is 7.32 Å². The van der Waals surface area contributed by atoms with Gasteiger partial charge in [-0.3, -0.25) is 0 Å². The van der Waals surface area contributed by atoms with E-state index in [1.165, 1.54) is 6.20 Å². The molecule has 3 N–H and O–H groups in total. The molecule has 1 aliphatic heterocycles. The molecule has 0 aliphatic carbocycles. The summed E-state index contributed by atoms with van der Waals surface area (Å²) in [5.41, 5.74) is 1.04. The van der Waals surface area contributed by atoms with Crippen LogP contribution in [0.5, 0.6) is 5.75 Å². The Bertz CT molecular complexity index is 319. The van der Waals surface area contributed by atoms with Crippen LogP contribution in [0.2, 0.25) is 0 Å². The third-order valence-corrected chi connectivity index (χ3v) is 1.87. The third-order valence-electron chi connectivity index (χ3n) is 1.87. The van der Waals surface area contributed by atoms with Crippen molar-refractivity contribution in [1.29, 1.82) is 0 Å². The van der Waals surface area contributed by atoms with E-state index in [-0.39, 0.29) is 0 Å².